The van der Waals surface area contributed by atoms with Gasteiger partial charge < -0.3 is 14.9 Å². The Balaban J connectivity index is 1.88. The van der Waals surface area contributed by atoms with Crippen molar-refractivity contribution in [3.8, 4) is 5.75 Å². The van der Waals surface area contributed by atoms with Gasteiger partial charge >= 0.3 is 0 Å². The molecule has 1 amide bonds. The zero-order chi connectivity index (χ0) is 16.8. The molecule has 0 aliphatic carbocycles. The van der Waals surface area contributed by atoms with Crippen LogP contribution in [0.1, 0.15) is 17.5 Å². The number of amides is 1. The maximum Gasteiger partial charge on any atom is 0.222 e. The number of aromatic hydroxyl groups is 1. The Bertz CT molecular complexity index is 651. The molecule has 0 saturated carbocycles. The molecular formula is C19H24N2O2. The number of aryl methyl sites for hydroxylation is 1. The molecule has 2 aromatic rings. The molecule has 0 aliphatic heterocycles. The van der Waals surface area contributed by atoms with E-state index in [9.17, 15) is 9.90 Å². The number of para-hydroxylation sites is 1. The van der Waals surface area contributed by atoms with Gasteiger partial charge in [0.25, 0.3) is 0 Å². The minimum Gasteiger partial charge on any atom is -0.508 e. The third-order valence-electron chi connectivity index (χ3n) is 3.90. The summed E-state index contributed by atoms with van der Waals surface area (Å²) in [5.74, 6) is 0.326. The molecule has 122 valence electrons. The second-order valence-electron chi connectivity index (χ2n) is 5.94. The Morgan fingerprint density at radius 2 is 1.65 bits per heavy atom. The van der Waals surface area contributed by atoms with Crippen LogP contribution < -0.4 is 4.90 Å². The zero-order valence-electron chi connectivity index (χ0n) is 14.0. The molecule has 2 aromatic carbocycles. The van der Waals surface area contributed by atoms with Crippen LogP contribution in [-0.4, -0.2) is 37.1 Å². The molecular weight excluding hydrogens is 288 g/mol. The van der Waals surface area contributed by atoms with E-state index in [2.05, 4.69) is 12.1 Å². The van der Waals surface area contributed by atoms with Gasteiger partial charge in [-0.25, -0.2) is 0 Å². The number of benzene rings is 2. The van der Waals surface area contributed by atoms with Crippen LogP contribution >= 0.6 is 0 Å². The van der Waals surface area contributed by atoms with E-state index >= 15 is 0 Å². The lowest BCUT2D eigenvalue weighted by Crippen LogP contribution is -2.26. The summed E-state index contributed by atoms with van der Waals surface area (Å²) in [6.45, 7) is 0.591. The van der Waals surface area contributed by atoms with Gasteiger partial charge in [-0.05, 0) is 35.7 Å². The molecule has 0 aliphatic rings. The van der Waals surface area contributed by atoms with Gasteiger partial charge in [-0.2, -0.15) is 0 Å². The van der Waals surface area contributed by atoms with Gasteiger partial charge in [0.05, 0.1) is 0 Å². The van der Waals surface area contributed by atoms with E-state index in [1.54, 1.807) is 17.0 Å². The smallest absolute Gasteiger partial charge is 0.222 e. The second kappa shape index (κ2) is 7.68. The predicted octanol–water partition coefficient (Wildman–Crippen LogP) is 3.05. The average molecular weight is 312 g/mol. The highest BCUT2D eigenvalue weighted by molar-refractivity contribution is 5.76. The number of nitrogens with zero attached hydrogens (tertiary/aromatic N) is 2. The van der Waals surface area contributed by atoms with Crippen molar-refractivity contribution < 1.29 is 9.90 Å². The first-order valence-corrected chi connectivity index (χ1v) is 7.74. The van der Waals surface area contributed by atoms with Gasteiger partial charge in [-0.1, -0.05) is 30.3 Å². The molecule has 0 radical (unpaired) electrons. The van der Waals surface area contributed by atoms with Crippen LogP contribution in [0.2, 0.25) is 0 Å². The molecule has 0 atom stereocenters. The van der Waals surface area contributed by atoms with Gasteiger partial charge in [-0.15, -0.1) is 0 Å². The largest absolute Gasteiger partial charge is 0.508 e. The van der Waals surface area contributed by atoms with Crippen molar-refractivity contribution in [2.45, 2.75) is 19.4 Å². The summed E-state index contributed by atoms with van der Waals surface area (Å²) in [5.41, 5.74) is 3.06. The first-order valence-electron chi connectivity index (χ1n) is 7.74. The Morgan fingerprint density at radius 1 is 1.00 bits per heavy atom. The van der Waals surface area contributed by atoms with Gasteiger partial charge in [-0.3, -0.25) is 4.79 Å². The summed E-state index contributed by atoms with van der Waals surface area (Å²) in [4.78, 5) is 16.0. The summed E-state index contributed by atoms with van der Waals surface area (Å²) in [5, 5.41) is 9.74. The first-order chi connectivity index (χ1) is 11.0. The van der Waals surface area contributed by atoms with Gasteiger partial charge in [0, 0.05) is 39.8 Å². The van der Waals surface area contributed by atoms with E-state index in [4.69, 9.17) is 0 Å². The normalized spacial score (nSPS) is 10.4. The minimum atomic E-state index is 0.0740. The van der Waals surface area contributed by atoms with Gasteiger partial charge in [0.15, 0.2) is 0 Å². The highest BCUT2D eigenvalue weighted by Crippen LogP contribution is 2.18. The maximum absolute atomic E-state index is 12.2. The lowest BCUT2D eigenvalue weighted by Gasteiger charge is -2.18. The molecule has 4 nitrogen and oxygen atoms in total. The monoisotopic (exact) mass is 312 g/mol. The number of carbonyl (C=O) groups excluding carboxylic acids is 1. The standard InChI is InChI=1S/C19H24N2O2/c1-20(2)17-11-8-15(9-12-17)14-21(3)19(23)13-10-16-6-4-5-7-18(16)22/h4-9,11-12,22H,10,13-14H2,1-3H3. The fourth-order valence-corrected chi connectivity index (χ4v) is 2.42. The third kappa shape index (κ3) is 4.74. The number of hydrogen-bond acceptors (Lipinski definition) is 3. The number of phenolic OH excluding ortho intramolecular Hbond substituents is 1. The number of carbonyl (C=O) groups is 1. The number of anilines is 1. The Morgan fingerprint density at radius 3 is 2.26 bits per heavy atom. The van der Waals surface area contributed by atoms with Crippen LogP contribution in [0, 0.1) is 0 Å². The number of hydrogen-bond donors (Lipinski definition) is 1. The van der Waals surface area contributed by atoms with Gasteiger partial charge in [0.2, 0.25) is 5.91 Å². The molecule has 0 spiro atoms. The second-order valence-corrected chi connectivity index (χ2v) is 5.94. The molecule has 0 bridgehead atoms. The van der Waals surface area contributed by atoms with E-state index in [1.165, 1.54) is 0 Å². The lowest BCUT2D eigenvalue weighted by atomic mass is 10.1. The van der Waals surface area contributed by atoms with Crippen molar-refractivity contribution in [1.29, 1.82) is 0 Å². The Kier molecular flexibility index (Phi) is 5.63. The minimum absolute atomic E-state index is 0.0740. The van der Waals surface area contributed by atoms with Crippen molar-refractivity contribution in [3.05, 3.63) is 59.7 Å². The van der Waals surface area contributed by atoms with Crippen molar-refractivity contribution in [1.82, 2.24) is 4.90 Å². The Hall–Kier alpha value is -2.49. The molecule has 1 N–H and O–H groups in total. The summed E-state index contributed by atoms with van der Waals surface area (Å²) >= 11 is 0. The van der Waals surface area contributed by atoms with Crippen LogP contribution in [0.25, 0.3) is 0 Å². The molecule has 2 rings (SSSR count). The van der Waals surface area contributed by atoms with Gasteiger partial charge in [0.1, 0.15) is 5.75 Å². The Labute approximate surface area is 138 Å². The van der Waals surface area contributed by atoms with E-state index in [0.717, 1.165) is 16.8 Å². The van der Waals surface area contributed by atoms with Crippen LogP contribution in [-0.2, 0) is 17.8 Å². The van der Waals surface area contributed by atoms with E-state index in [0.29, 0.717) is 19.4 Å². The third-order valence-corrected chi connectivity index (χ3v) is 3.90. The van der Waals surface area contributed by atoms with E-state index in [1.807, 2.05) is 50.3 Å². The van der Waals surface area contributed by atoms with Crippen LogP contribution in [0.4, 0.5) is 5.69 Å². The fraction of sp³-hybridized carbons (Fsp3) is 0.316. The summed E-state index contributed by atoms with van der Waals surface area (Å²) in [7, 11) is 5.82. The summed E-state index contributed by atoms with van der Waals surface area (Å²) in [6, 6.07) is 15.3. The van der Waals surface area contributed by atoms with Crippen molar-refractivity contribution in [3.63, 3.8) is 0 Å². The topological polar surface area (TPSA) is 43.8 Å². The van der Waals surface area contributed by atoms with Crippen LogP contribution in [0.15, 0.2) is 48.5 Å². The SMILES string of the molecule is CN(Cc1ccc(N(C)C)cc1)C(=O)CCc1ccccc1O. The molecule has 4 heteroatoms. The van der Waals surface area contributed by atoms with Crippen molar-refractivity contribution >= 4 is 11.6 Å². The number of phenols is 1. The van der Waals surface area contributed by atoms with E-state index in [-0.39, 0.29) is 11.7 Å². The zero-order valence-corrected chi connectivity index (χ0v) is 14.0. The van der Waals surface area contributed by atoms with Crippen molar-refractivity contribution in [2.24, 2.45) is 0 Å². The average Bonchev–Trinajstić information content (AvgIpc) is 2.54. The highest BCUT2D eigenvalue weighted by atomic mass is 16.3. The highest BCUT2D eigenvalue weighted by Gasteiger charge is 2.11. The van der Waals surface area contributed by atoms with Crippen molar-refractivity contribution in [2.75, 3.05) is 26.0 Å². The number of rotatable bonds is 6. The lowest BCUT2D eigenvalue weighted by molar-refractivity contribution is -0.130. The molecule has 0 fully saturated rings. The molecule has 0 unspecified atom stereocenters. The molecule has 0 aromatic heterocycles. The maximum atomic E-state index is 12.2. The molecule has 0 heterocycles. The summed E-state index contributed by atoms with van der Waals surface area (Å²) < 4.78 is 0. The van der Waals surface area contributed by atoms with Crippen LogP contribution in [0.5, 0.6) is 5.75 Å². The molecule has 0 saturated heterocycles. The molecule has 23 heavy (non-hydrogen) atoms. The summed E-state index contributed by atoms with van der Waals surface area (Å²) in [6.07, 6.45) is 0.944. The van der Waals surface area contributed by atoms with E-state index < -0.39 is 0 Å². The predicted molar refractivity (Wildman–Crippen MR) is 93.7 cm³/mol. The van der Waals surface area contributed by atoms with Crippen LogP contribution in [0.3, 0.4) is 0 Å². The first kappa shape index (κ1) is 16.9. The fourth-order valence-electron chi connectivity index (χ4n) is 2.42. The quantitative estimate of drug-likeness (QED) is 0.891.